The fourth-order valence-electron chi connectivity index (χ4n) is 2.45. The maximum absolute atomic E-state index is 13.4. The second-order valence-corrected chi connectivity index (χ2v) is 6.53. The van der Waals surface area contributed by atoms with Crippen molar-refractivity contribution in [2.75, 3.05) is 13.2 Å². The van der Waals surface area contributed by atoms with Gasteiger partial charge in [-0.1, -0.05) is 19.1 Å². The van der Waals surface area contributed by atoms with E-state index in [2.05, 4.69) is 10.6 Å². The van der Waals surface area contributed by atoms with E-state index >= 15 is 0 Å². The lowest BCUT2D eigenvalue weighted by Gasteiger charge is -2.18. The molecule has 0 saturated carbocycles. The molecule has 8 nitrogen and oxygen atoms in total. The number of nitrogens with one attached hydrogen (secondary N) is 2. The van der Waals surface area contributed by atoms with Crippen molar-refractivity contribution >= 4 is 23.8 Å². The summed E-state index contributed by atoms with van der Waals surface area (Å²) in [7, 11) is 0. The van der Waals surface area contributed by atoms with Crippen LogP contribution in [0.25, 0.3) is 0 Å². The first-order chi connectivity index (χ1) is 12.7. The highest BCUT2D eigenvalue weighted by Gasteiger charge is 2.47. The van der Waals surface area contributed by atoms with Crippen LogP contribution >= 0.6 is 0 Å². The van der Waals surface area contributed by atoms with Crippen LogP contribution in [0.1, 0.15) is 31.4 Å². The number of urea groups is 1. The Kier molecular flexibility index (Phi) is 6.14. The molecule has 0 aliphatic carbocycles. The normalized spacial score (nSPS) is 19.0. The Labute approximate surface area is 156 Å². The zero-order chi connectivity index (χ0) is 20.2. The number of hydrogen-bond donors (Lipinski definition) is 2. The zero-order valence-electron chi connectivity index (χ0n) is 15.4. The van der Waals surface area contributed by atoms with Gasteiger partial charge in [0.2, 0.25) is 0 Å². The summed E-state index contributed by atoms with van der Waals surface area (Å²) in [6, 6.07) is 3.91. The molecule has 1 saturated heterocycles. The zero-order valence-corrected chi connectivity index (χ0v) is 15.4. The molecular formula is C18H22FN3O5. The summed E-state index contributed by atoms with van der Waals surface area (Å²) >= 11 is 0. The van der Waals surface area contributed by atoms with E-state index in [0.717, 1.165) is 4.90 Å². The number of carbonyl (C=O) groups excluding carboxylic acids is 4. The third-order valence-electron chi connectivity index (χ3n) is 4.43. The van der Waals surface area contributed by atoms with Crippen LogP contribution in [0.3, 0.4) is 0 Å². The topological polar surface area (TPSA) is 105 Å². The van der Waals surface area contributed by atoms with Gasteiger partial charge in [-0.25, -0.2) is 9.18 Å². The Bertz CT molecular complexity index is 782. The van der Waals surface area contributed by atoms with E-state index < -0.39 is 42.5 Å². The van der Waals surface area contributed by atoms with Crippen molar-refractivity contribution in [3.63, 3.8) is 0 Å². The van der Waals surface area contributed by atoms with Crippen molar-refractivity contribution in [2.45, 2.75) is 39.3 Å². The minimum atomic E-state index is -1.04. The van der Waals surface area contributed by atoms with Crippen molar-refractivity contribution in [2.24, 2.45) is 0 Å². The number of esters is 1. The van der Waals surface area contributed by atoms with Gasteiger partial charge >= 0.3 is 12.0 Å². The van der Waals surface area contributed by atoms with Gasteiger partial charge in [0, 0.05) is 6.54 Å². The first-order valence-corrected chi connectivity index (χ1v) is 8.47. The van der Waals surface area contributed by atoms with Gasteiger partial charge in [-0.2, -0.15) is 0 Å². The molecule has 1 fully saturated rings. The molecule has 0 radical (unpaired) electrons. The largest absolute Gasteiger partial charge is 0.454 e. The molecular weight excluding hydrogens is 357 g/mol. The first kappa shape index (κ1) is 20.3. The minimum absolute atomic E-state index is 0.0788. The van der Waals surface area contributed by atoms with E-state index in [-0.39, 0.29) is 12.4 Å². The number of aryl methyl sites for hydroxylation is 1. The first-order valence-electron chi connectivity index (χ1n) is 8.47. The van der Waals surface area contributed by atoms with Crippen LogP contribution in [0.4, 0.5) is 9.18 Å². The Hall–Kier alpha value is -2.97. The third kappa shape index (κ3) is 4.81. The number of ether oxygens (including phenoxy) is 1. The van der Waals surface area contributed by atoms with Gasteiger partial charge in [0.1, 0.15) is 17.9 Å². The number of carbonyl (C=O) groups is 4. The van der Waals surface area contributed by atoms with Crippen molar-refractivity contribution in [3.05, 3.63) is 35.1 Å². The lowest BCUT2D eigenvalue weighted by Crippen LogP contribution is -2.43. The van der Waals surface area contributed by atoms with Gasteiger partial charge < -0.3 is 15.4 Å². The fraction of sp³-hybridized carbons (Fsp3) is 0.444. The van der Waals surface area contributed by atoms with E-state index in [4.69, 9.17) is 4.74 Å². The summed E-state index contributed by atoms with van der Waals surface area (Å²) in [5.41, 5.74) is 0.0209. The second-order valence-electron chi connectivity index (χ2n) is 6.53. The summed E-state index contributed by atoms with van der Waals surface area (Å²) in [5.74, 6) is -2.35. The standard InChI is InChI=1S/C18H22FN3O5/c1-4-18(3)16(25)22(17(26)21-18)9-15(24)27-10-14(23)20-8-12-6-5-11(2)13(19)7-12/h5-7H,4,8-10H2,1-3H3,(H,20,23)(H,21,26). The smallest absolute Gasteiger partial charge is 0.326 e. The highest BCUT2D eigenvalue weighted by Crippen LogP contribution is 2.20. The number of rotatable bonds is 7. The second kappa shape index (κ2) is 8.15. The summed E-state index contributed by atoms with van der Waals surface area (Å²) in [4.78, 5) is 48.3. The van der Waals surface area contributed by atoms with Gasteiger partial charge in [0.15, 0.2) is 6.61 Å². The highest BCUT2D eigenvalue weighted by atomic mass is 19.1. The monoisotopic (exact) mass is 379 g/mol. The molecule has 2 N–H and O–H groups in total. The number of benzene rings is 1. The molecule has 0 aromatic heterocycles. The quantitative estimate of drug-likeness (QED) is 0.544. The number of amides is 4. The van der Waals surface area contributed by atoms with Gasteiger partial charge in [-0.15, -0.1) is 0 Å². The molecule has 1 aromatic rings. The summed E-state index contributed by atoms with van der Waals surface area (Å²) in [6.45, 7) is 3.88. The molecule has 4 amide bonds. The van der Waals surface area contributed by atoms with Crippen LogP contribution in [-0.2, 0) is 25.7 Å². The summed E-state index contributed by atoms with van der Waals surface area (Å²) < 4.78 is 18.2. The SMILES string of the molecule is CCC1(C)NC(=O)N(CC(=O)OCC(=O)NCc2ccc(C)c(F)c2)C1=O. The van der Waals surface area contributed by atoms with Crippen molar-refractivity contribution in [3.8, 4) is 0 Å². The summed E-state index contributed by atoms with van der Waals surface area (Å²) in [6.07, 6.45) is 0.380. The Morgan fingerprint density at radius 1 is 1.33 bits per heavy atom. The molecule has 1 aliphatic rings. The number of hydrogen-bond acceptors (Lipinski definition) is 5. The highest BCUT2D eigenvalue weighted by molar-refractivity contribution is 6.08. The Balaban J connectivity index is 1.78. The maximum atomic E-state index is 13.4. The van der Waals surface area contributed by atoms with Gasteiger partial charge in [-0.05, 0) is 37.5 Å². The number of imide groups is 1. The lowest BCUT2D eigenvalue weighted by atomic mass is 9.99. The van der Waals surface area contributed by atoms with Crippen molar-refractivity contribution in [1.82, 2.24) is 15.5 Å². The third-order valence-corrected chi connectivity index (χ3v) is 4.43. The summed E-state index contributed by atoms with van der Waals surface area (Å²) in [5, 5.41) is 5.01. The van der Waals surface area contributed by atoms with Crippen LogP contribution in [-0.4, -0.2) is 47.4 Å². The average Bonchev–Trinajstić information content (AvgIpc) is 2.84. The van der Waals surface area contributed by atoms with E-state index in [9.17, 15) is 23.6 Å². The minimum Gasteiger partial charge on any atom is -0.454 e. The molecule has 2 rings (SSSR count). The molecule has 146 valence electrons. The van der Waals surface area contributed by atoms with Gasteiger partial charge in [0.05, 0.1) is 0 Å². The lowest BCUT2D eigenvalue weighted by molar-refractivity contribution is -0.151. The molecule has 1 atom stereocenters. The predicted octanol–water partition coefficient (Wildman–Crippen LogP) is 1.01. The van der Waals surface area contributed by atoms with Gasteiger partial charge in [0.25, 0.3) is 11.8 Å². The fourth-order valence-corrected chi connectivity index (χ4v) is 2.45. The Morgan fingerprint density at radius 2 is 2.04 bits per heavy atom. The molecule has 1 aliphatic heterocycles. The van der Waals surface area contributed by atoms with E-state index in [1.165, 1.54) is 6.07 Å². The molecule has 0 bridgehead atoms. The van der Waals surface area contributed by atoms with Crippen molar-refractivity contribution < 1.29 is 28.3 Å². The van der Waals surface area contributed by atoms with Crippen LogP contribution < -0.4 is 10.6 Å². The molecule has 1 aromatic carbocycles. The number of halogens is 1. The van der Waals surface area contributed by atoms with E-state index in [1.54, 1.807) is 32.9 Å². The molecule has 0 spiro atoms. The molecule has 27 heavy (non-hydrogen) atoms. The molecule has 9 heteroatoms. The van der Waals surface area contributed by atoms with Crippen molar-refractivity contribution in [1.29, 1.82) is 0 Å². The molecule has 1 heterocycles. The maximum Gasteiger partial charge on any atom is 0.326 e. The van der Waals surface area contributed by atoms with Crippen LogP contribution in [0.5, 0.6) is 0 Å². The van der Waals surface area contributed by atoms with E-state index in [1.807, 2.05) is 0 Å². The Morgan fingerprint density at radius 3 is 2.63 bits per heavy atom. The van der Waals surface area contributed by atoms with Gasteiger partial charge in [-0.3, -0.25) is 19.3 Å². The number of nitrogens with zero attached hydrogens (tertiary/aromatic N) is 1. The predicted molar refractivity (Wildman–Crippen MR) is 92.9 cm³/mol. The molecule has 1 unspecified atom stereocenters. The van der Waals surface area contributed by atoms with Crippen LogP contribution in [0, 0.1) is 12.7 Å². The van der Waals surface area contributed by atoms with Crippen LogP contribution in [0.2, 0.25) is 0 Å². The average molecular weight is 379 g/mol. The van der Waals surface area contributed by atoms with Crippen LogP contribution in [0.15, 0.2) is 18.2 Å². The van der Waals surface area contributed by atoms with E-state index in [0.29, 0.717) is 17.5 Å².